The molecule has 0 heterocycles. The topological polar surface area (TPSA) is 29.3 Å². The molecular formula is C19H36N2. The van der Waals surface area contributed by atoms with Crippen molar-refractivity contribution in [2.24, 2.45) is 34.3 Å². The minimum absolute atomic E-state index is 0.261. The van der Waals surface area contributed by atoms with E-state index in [1.54, 1.807) is 19.3 Å². The van der Waals surface area contributed by atoms with E-state index in [0.29, 0.717) is 5.41 Å². The summed E-state index contributed by atoms with van der Waals surface area (Å²) in [5.41, 5.74) is 6.92. The van der Waals surface area contributed by atoms with Crippen molar-refractivity contribution in [3.05, 3.63) is 0 Å². The molecule has 4 fully saturated rings. The van der Waals surface area contributed by atoms with Gasteiger partial charge in [0.1, 0.15) is 0 Å². The van der Waals surface area contributed by atoms with Crippen LogP contribution in [0.15, 0.2) is 0 Å². The molecule has 2 N–H and O–H groups in total. The Hall–Kier alpha value is -0.0800. The van der Waals surface area contributed by atoms with Gasteiger partial charge in [-0.15, -0.1) is 0 Å². The minimum Gasteiger partial charge on any atom is -0.330 e. The van der Waals surface area contributed by atoms with Crippen LogP contribution in [0.25, 0.3) is 0 Å². The first-order chi connectivity index (χ1) is 9.93. The summed E-state index contributed by atoms with van der Waals surface area (Å²) in [7, 11) is 0. The fourth-order valence-electron chi connectivity index (χ4n) is 6.16. The van der Waals surface area contributed by atoms with Gasteiger partial charge < -0.3 is 10.6 Å². The molecule has 0 unspecified atom stereocenters. The summed E-state index contributed by atoms with van der Waals surface area (Å²) in [4.78, 5) is 2.76. The highest BCUT2D eigenvalue weighted by atomic mass is 15.1. The Labute approximate surface area is 131 Å². The van der Waals surface area contributed by atoms with E-state index in [1.165, 1.54) is 45.3 Å². The lowest BCUT2D eigenvalue weighted by Gasteiger charge is -2.58. The average molecular weight is 293 g/mol. The molecule has 4 rings (SSSR count). The summed E-state index contributed by atoms with van der Waals surface area (Å²) >= 11 is 0. The van der Waals surface area contributed by atoms with Gasteiger partial charge in [0.2, 0.25) is 0 Å². The molecule has 4 bridgehead atoms. The second-order valence-electron chi connectivity index (χ2n) is 9.50. The first-order valence-electron chi connectivity index (χ1n) is 9.36. The normalized spacial score (nSPS) is 38.4. The molecule has 122 valence electrons. The maximum atomic E-state index is 5.99. The Morgan fingerprint density at radius 3 is 2.00 bits per heavy atom. The van der Waals surface area contributed by atoms with Gasteiger partial charge in [-0.3, -0.25) is 0 Å². The highest BCUT2D eigenvalue weighted by Crippen LogP contribution is 2.60. The van der Waals surface area contributed by atoms with Crippen LogP contribution in [-0.2, 0) is 0 Å². The van der Waals surface area contributed by atoms with Crippen molar-refractivity contribution in [1.29, 1.82) is 0 Å². The molecule has 4 saturated carbocycles. The highest BCUT2D eigenvalue weighted by molar-refractivity contribution is 5.02. The molecule has 2 nitrogen and oxygen atoms in total. The molecule has 0 spiro atoms. The summed E-state index contributed by atoms with van der Waals surface area (Å²) in [6, 6.07) is 0. The van der Waals surface area contributed by atoms with Crippen molar-refractivity contribution >= 4 is 0 Å². The number of rotatable bonds is 7. The largest absolute Gasteiger partial charge is 0.330 e. The van der Waals surface area contributed by atoms with Crippen LogP contribution in [0.2, 0.25) is 0 Å². The van der Waals surface area contributed by atoms with Crippen LogP contribution in [0.3, 0.4) is 0 Å². The van der Waals surface area contributed by atoms with Crippen LogP contribution >= 0.6 is 0 Å². The summed E-state index contributed by atoms with van der Waals surface area (Å²) in [6.45, 7) is 11.6. The molecule has 4 aliphatic carbocycles. The predicted molar refractivity (Wildman–Crippen MR) is 90.2 cm³/mol. The number of hydrogen-bond donors (Lipinski definition) is 1. The molecule has 0 atom stereocenters. The van der Waals surface area contributed by atoms with E-state index in [0.717, 1.165) is 24.3 Å². The second kappa shape index (κ2) is 5.85. The molecular weight excluding hydrogens is 256 g/mol. The Balaban J connectivity index is 1.67. The Kier molecular flexibility index (Phi) is 4.40. The monoisotopic (exact) mass is 292 g/mol. The van der Waals surface area contributed by atoms with E-state index in [2.05, 4.69) is 25.7 Å². The van der Waals surface area contributed by atoms with Crippen molar-refractivity contribution < 1.29 is 0 Å². The van der Waals surface area contributed by atoms with Gasteiger partial charge in [-0.05, 0) is 86.6 Å². The van der Waals surface area contributed by atoms with Crippen molar-refractivity contribution in [1.82, 2.24) is 4.90 Å². The molecule has 0 radical (unpaired) electrons. The third-order valence-corrected chi connectivity index (χ3v) is 6.47. The maximum absolute atomic E-state index is 5.99. The van der Waals surface area contributed by atoms with E-state index in [1.807, 2.05) is 0 Å². The standard InChI is InChI=1S/C19H36N2/c1-4-5-21(13-18(2,3)12-20)14-19-9-15-6-16(10-19)8-17(7-15)11-19/h15-17H,4-14,20H2,1-3H3. The van der Waals surface area contributed by atoms with Crippen molar-refractivity contribution in [3.8, 4) is 0 Å². The molecule has 21 heavy (non-hydrogen) atoms. The minimum atomic E-state index is 0.261. The van der Waals surface area contributed by atoms with Crippen molar-refractivity contribution in [3.63, 3.8) is 0 Å². The van der Waals surface area contributed by atoms with Crippen LogP contribution in [-0.4, -0.2) is 31.1 Å². The van der Waals surface area contributed by atoms with Crippen LogP contribution in [0.4, 0.5) is 0 Å². The lowest BCUT2D eigenvalue weighted by Crippen LogP contribution is -2.52. The van der Waals surface area contributed by atoms with E-state index in [9.17, 15) is 0 Å². The summed E-state index contributed by atoms with van der Waals surface area (Å²) in [6.07, 6.45) is 10.5. The van der Waals surface area contributed by atoms with Gasteiger partial charge in [0, 0.05) is 13.1 Å². The number of nitrogens with zero attached hydrogens (tertiary/aromatic N) is 1. The first kappa shape index (κ1) is 15.8. The molecule has 0 amide bonds. The van der Waals surface area contributed by atoms with Gasteiger partial charge in [-0.25, -0.2) is 0 Å². The van der Waals surface area contributed by atoms with Crippen LogP contribution in [0, 0.1) is 28.6 Å². The van der Waals surface area contributed by atoms with Crippen LogP contribution in [0.1, 0.15) is 65.7 Å². The zero-order valence-corrected chi connectivity index (χ0v) is 14.5. The van der Waals surface area contributed by atoms with Gasteiger partial charge in [0.25, 0.3) is 0 Å². The van der Waals surface area contributed by atoms with E-state index in [-0.39, 0.29) is 5.41 Å². The fraction of sp³-hybridized carbons (Fsp3) is 1.00. The number of hydrogen-bond acceptors (Lipinski definition) is 2. The molecule has 0 aromatic rings. The molecule has 0 saturated heterocycles. The second-order valence-corrected chi connectivity index (χ2v) is 9.50. The fourth-order valence-corrected chi connectivity index (χ4v) is 6.16. The van der Waals surface area contributed by atoms with Crippen LogP contribution < -0.4 is 5.73 Å². The van der Waals surface area contributed by atoms with Crippen molar-refractivity contribution in [2.75, 3.05) is 26.2 Å². The van der Waals surface area contributed by atoms with E-state index < -0.39 is 0 Å². The molecule has 0 aromatic carbocycles. The molecule has 0 aromatic heterocycles. The summed E-state index contributed by atoms with van der Waals surface area (Å²) in [5.74, 6) is 3.21. The zero-order valence-electron chi connectivity index (χ0n) is 14.5. The van der Waals surface area contributed by atoms with E-state index >= 15 is 0 Å². The summed E-state index contributed by atoms with van der Waals surface area (Å²) < 4.78 is 0. The zero-order chi connectivity index (χ0) is 15.1. The van der Waals surface area contributed by atoms with Crippen molar-refractivity contribution in [2.45, 2.75) is 65.7 Å². The third-order valence-electron chi connectivity index (χ3n) is 6.47. The third kappa shape index (κ3) is 3.47. The average Bonchev–Trinajstić information content (AvgIpc) is 2.36. The number of nitrogens with two attached hydrogens (primary N) is 1. The molecule has 0 aliphatic heterocycles. The van der Waals surface area contributed by atoms with Gasteiger partial charge in [-0.1, -0.05) is 20.8 Å². The Morgan fingerprint density at radius 1 is 1.05 bits per heavy atom. The Morgan fingerprint density at radius 2 is 1.57 bits per heavy atom. The van der Waals surface area contributed by atoms with Gasteiger partial charge in [-0.2, -0.15) is 0 Å². The van der Waals surface area contributed by atoms with Gasteiger partial charge in [0.15, 0.2) is 0 Å². The lowest BCUT2D eigenvalue weighted by atomic mass is 9.49. The predicted octanol–water partition coefficient (Wildman–Crippen LogP) is 3.90. The van der Waals surface area contributed by atoms with Gasteiger partial charge >= 0.3 is 0 Å². The summed E-state index contributed by atoms with van der Waals surface area (Å²) in [5, 5.41) is 0. The molecule has 4 aliphatic rings. The highest BCUT2D eigenvalue weighted by Gasteiger charge is 2.51. The quantitative estimate of drug-likeness (QED) is 0.771. The smallest absolute Gasteiger partial charge is 0.00450 e. The van der Waals surface area contributed by atoms with E-state index in [4.69, 9.17) is 5.73 Å². The van der Waals surface area contributed by atoms with Crippen LogP contribution in [0.5, 0.6) is 0 Å². The lowest BCUT2D eigenvalue weighted by molar-refractivity contribution is -0.0722. The maximum Gasteiger partial charge on any atom is 0.00450 e. The Bertz CT molecular complexity index is 325. The first-order valence-corrected chi connectivity index (χ1v) is 9.36. The SMILES string of the molecule is CCCN(CC(C)(C)CN)CC12CC3CC(CC(C3)C1)C2. The molecule has 2 heteroatoms. The van der Waals surface area contributed by atoms with Gasteiger partial charge in [0.05, 0.1) is 0 Å².